The lowest BCUT2D eigenvalue weighted by Crippen LogP contribution is -2.50. The van der Waals surface area contributed by atoms with Crippen LogP contribution in [0, 0.1) is 5.41 Å². The van der Waals surface area contributed by atoms with Crippen LogP contribution in [0.2, 0.25) is 0 Å². The SMILES string of the molecule is C=CCCCOC(=O)[C@@H](NC(=O)c1nn(CCCC=C)c2ccccc12)C(C)(C)C. The molecule has 0 aliphatic heterocycles. The van der Waals surface area contributed by atoms with Crippen molar-refractivity contribution in [1.82, 2.24) is 15.1 Å². The third-order valence-corrected chi connectivity index (χ3v) is 4.83. The predicted octanol–water partition coefficient (Wildman–Crippen LogP) is 4.66. The number of amides is 1. The van der Waals surface area contributed by atoms with E-state index in [1.54, 1.807) is 6.08 Å². The van der Waals surface area contributed by atoms with Crippen LogP contribution in [0.1, 0.15) is 56.9 Å². The first kappa shape index (κ1) is 23.4. The number of benzene rings is 1. The number of aryl methyl sites for hydroxylation is 1. The fourth-order valence-electron chi connectivity index (χ4n) is 3.16. The van der Waals surface area contributed by atoms with E-state index in [1.807, 2.05) is 55.8 Å². The van der Waals surface area contributed by atoms with E-state index in [-0.39, 0.29) is 5.91 Å². The van der Waals surface area contributed by atoms with Crippen LogP contribution in [0.5, 0.6) is 0 Å². The number of esters is 1. The maximum absolute atomic E-state index is 13.1. The molecular formula is C24H33N3O3. The summed E-state index contributed by atoms with van der Waals surface area (Å²) in [5, 5.41) is 8.17. The Morgan fingerprint density at radius 2 is 1.83 bits per heavy atom. The summed E-state index contributed by atoms with van der Waals surface area (Å²) in [7, 11) is 0. The van der Waals surface area contributed by atoms with Crippen LogP contribution in [0.25, 0.3) is 10.9 Å². The summed E-state index contributed by atoms with van der Waals surface area (Å²) in [6.07, 6.45) is 6.90. The van der Waals surface area contributed by atoms with Crippen LogP contribution < -0.4 is 5.32 Å². The molecule has 1 amide bonds. The van der Waals surface area contributed by atoms with E-state index in [0.717, 1.165) is 30.2 Å². The number of ether oxygens (including phenoxy) is 1. The highest BCUT2D eigenvalue weighted by molar-refractivity contribution is 6.06. The second-order valence-corrected chi connectivity index (χ2v) is 8.39. The average molecular weight is 412 g/mol. The zero-order valence-electron chi connectivity index (χ0n) is 18.3. The van der Waals surface area contributed by atoms with E-state index < -0.39 is 17.4 Å². The molecule has 2 rings (SSSR count). The number of hydrogen-bond acceptors (Lipinski definition) is 4. The Bertz CT molecular complexity index is 893. The first-order valence-electron chi connectivity index (χ1n) is 10.4. The molecule has 30 heavy (non-hydrogen) atoms. The summed E-state index contributed by atoms with van der Waals surface area (Å²) < 4.78 is 7.23. The van der Waals surface area contributed by atoms with E-state index in [4.69, 9.17) is 4.74 Å². The van der Waals surface area contributed by atoms with Gasteiger partial charge in [0.25, 0.3) is 5.91 Å². The molecule has 0 aliphatic rings. The molecule has 6 nitrogen and oxygen atoms in total. The molecule has 6 heteroatoms. The van der Waals surface area contributed by atoms with Crippen molar-refractivity contribution in [2.45, 2.75) is 59.0 Å². The lowest BCUT2D eigenvalue weighted by molar-refractivity contribution is -0.148. The number of para-hydroxylation sites is 1. The second-order valence-electron chi connectivity index (χ2n) is 8.39. The largest absolute Gasteiger partial charge is 0.464 e. The van der Waals surface area contributed by atoms with E-state index in [1.165, 1.54) is 0 Å². The van der Waals surface area contributed by atoms with E-state index in [9.17, 15) is 9.59 Å². The van der Waals surface area contributed by atoms with Crippen LogP contribution in [-0.4, -0.2) is 34.3 Å². The zero-order chi connectivity index (χ0) is 22.1. The van der Waals surface area contributed by atoms with Crippen LogP contribution in [0.15, 0.2) is 49.6 Å². The molecule has 1 aromatic carbocycles. The fourth-order valence-corrected chi connectivity index (χ4v) is 3.16. The lowest BCUT2D eigenvalue weighted by atomic mass is 9.86. The Morgan fingerprint density at radius 1 is 1.17 bits per heavy atom. The van der Waals surface area contributed by atoms with Crippen molar-refractivity contribution in [3.05, 3.63) is 55.3 Å². The zero-order valence-corrected chi connectivity index (χ0v) is 18.3. The van der Waals surface area contributed by atoms with Crippen molar-refractivity contribution in [2.24, 2.45) is 5.41 Å². The van der Waals surface area contributed by atoms with Crippen LogP contribution in [0.4, 0.5) is 0 Å². The fraction of sp³-hybridized carbons (Fsp3) is 0.458. The molecule has 2 aromatic rings. The molecule has 0 saturated carbocycles. The number of nitrogens with one attached hydrogen (secondary N) is 1. The molecule has 0 fully saturated rings. The molecule has 1 aromatic heterocycles. The minimum absolute atomic E-state index is 0.300. The van der Waals surface area contributed by atoms with Gasteiger partial charge in [-0.25, -0.2) is 4.79 Å². The van der Waals surface area contributed by atoms with Gasteiger partial charge in [0.15, 0.2) is 5.69 Å². The van der Waals surface area contributed by atoms with Crippen LogP contribution >= 0.6 is 0 Å². The average Bonchev–Trinajstić information content (AvgIpc) is 3.07. The number of allylic oxidation sites excluding steroid dienone is 2. The Hall–Kier alpha value is -2.89. The molecule has 0 aliphatic carbocycles. The third kappa shape index (κ3) is 6.05. The summed E-state index contributed by atoms with van der Waals surface area (Å²) in [5.41, 5.74) is 0.706. The van der Waals surface area contributed by atoms with Gasteiger partial charge in [0.05, 0.1) is 12.1 Å². The van der Waals surface area contributed by atoms with Crippen molar-refractivity contribution in [2.75, 3.05) is 6.61 Å². The van der Waals surface area contributed by atoms with Gasteiger partial charge < -0.3 is 10.1 Å². The van der Waals surface area contributed by atoms with Gasteiger partial charge in [0, 0.05) is 11.9 Å². The van der Waals surface area contributed by atoms with Gasteiger partial charge >= 0.3 is 5.97 Å². The highest BCUT2D eigenvalue weighted by atomic mass is 16.5. The summed E-state index contributed by atoms with van der Waals surface area (Å²) in [4.78, 5) is 25.8. The topological polar surface area (TPSA) is 73.2 Å². The smallest absolute Gasteiger partial charge is 0.329 e. The Labute approximate surface area is 179 Å². The van der Waals surface area contributed by atoms with Crippen molar-refractivity contribution in [1.29, 1.82) is 0 Å². The minimum atomic E-state index is -0.779. The lowest BCUT2D eigenvalue weighted by Gasteiger charge is -2.29. The number of rotatable bonds is 11. The molecule has 0 radical (unpaired) electrons. The van der Waals surface area contributed by atoms with Crippen molar-refractivity contribution in [3.63, 3.8) is 0 Å². The van der Waals surface area contributed by atoms with E-state index in [0.29, 0.717) is 25.3 Å². The maximum Gasteiger partial charge on any atom is 0.329 e. The van der Waals surface area contributed by atoms with Gasteiger partial charge in [-0.05, 0) is 37.2 Å². The Balaban J connectivity index is 2.22. The molecule has 0 saturated heterocycles. The standard InChI is InChI=1S/C24H33N3O3/c1-6-8-12-16-27-19-15-11-10-14-18(19)20(26-27)22(28)25-21(24(3,4)5)23(29)30-17-13-9-7-2/h6-7,10-11,14-15,21H,1-2,8-9,12-13,16-17H2,3-5H3,(H,25,28)/t21-/m1/s1. The molecular weight excluding hydrogens is 378 g/mol. The number of fused-ring (bicyclic) bond motifs is 1. The summed E-state index contributed by atoms with van der Waals surface area (Å²) >= 11 is 0. The Kier molecular flexibility index (Phi) is 8.39. The van der Waals surface area contributed by atoms with Crippen LogP contribution in [-0.2, 0) is 16.1 Å². The molecule has 0 spiro atoms. The van der Waals surface area contributed by atoms with Gasteiger partial charge in [0.2, 0.25) is 0 Å². The molecule has 1 N–H and O–H groups in total. The van der Waals surface area contributed by atoms with Crippen molar-refractivity contribution in [3.8, 4) is 0 Å². The normalized spacial score (nSPS) is 12.4. The number of carbonyl (C=O) groups excluding carboxylic acids is 2. The second kappa shape index (κ2) is 10.8. The predicted molar refractivity (Wildman–Crippen MR) is 120 cm³/mol. The molecule has 1 heterocycles. The Morgan fingerprint density at radius 3 is 2.50 bits per heavy atom. The molecule has 1 atom stereocenters. The third-order valence-electron chi connectivity index (χ3n) is 4.83. The monoisotopic (exact) mass is 411 g/mol. The van der Waals surface area contributed by atoms with Crippen molar-refractivity contribution < 1.29 is 14.3 Å². The van der Waals surface area contributed by atoms with Gasteiger partial charge in [-0.2, -0.15) is 5.10 Å². The van der Waals surface area contributed by atoms with E-state index in [2.05, 4.69) is 23.6 Å². The van der Waals surface area contributed by atoms with Gasteiger partial charge in [0.1, 0.15) is 6.04 Å². The summed E-state index contributed by atoms with van der Waals surface area (Å²) in [6.45, 7) is 14.1. The highest BCUT2D eigenvalue weighted by Crippen LogP contribution is 2.23. The summed E-state index contributed by atoms with van der Waals surface area (Å²) in [5.74, 6) is -0.814. The minimum Gasteiger partial charge on any atom is -0.464 e. The van der Waals surface area contributed by atoms with Gasteiger partial charge in [-0.1, -0.05) is 51.1 Å². The first-order chi connectivity index (χ1) is 14.3. The quantitative estimate of drug-likeness (QED) is 0.332. The number of hydrogen-bond donors (Lipinski definition) is 1. The molecule has 162 valence electrons. The highest BCUT2D eigenvalue weighted by Gasteiger charge is 2.35. The van der Waals surface area contributed by atoms with Crippen LogP contribution in [0.3, 0.4) is 0 Å². The number of aromatic nitrogens is 2. The summed E-state index contributed by atoms with van der Waals surface area (Å²) in [6, 6.07) is 6.85. The van der Waals surface area contributed by atoms with E-state index >= 15 is 0 Å². The van der Waals surface area contributed by atoms with Crippen molar-refractivity contribution >= 4 is 22.8 Å². The first-order valence-corrected chi connectivity index (χ1v) is 10.4. The molecule has 0 bridgehead atoms. The number of unbranched alkanes of at least 4 members (excludes halogenated alkanes) is 2. The van der Waals surface area contributed by atoms with Gasteiger partial charge in [-0.15, -0.1) is 13.2 Å². The van der Waals surface area contributed by atoms with Gasteiger partial charge in [-0.3, -0.25) is 9.48 Å². The number of nitrogens with zero attached hydrogens (tertiary/aromatic N) is 2. The molecule has 0 unspecified atom stereocenters. The maximum atomic E-state index is 13.1. The number of carbonyl (C=O) groups is 2.